The molecule has 0 bridgehead atoms. The molecule has 0 heterocycles. The molecule has 0 aliphatic heterocycles. The average molecular weight is 361 g/mol. The Morgan fingerprint density at radius 1 is 1.20 bits per heavy atom. The zero-order chi connectivity index (χ0) is 14.7. The molecule has 1 N–H and O–H groups in total. The van der Waals surface area contributed by atoms with Crippen LogP contribution in [0.1, 0.15) is 17.2 Å². The van der Waals surface area contributed by atoms with Crippen LogP contribution >= 0.6 is 27.5 Å². The summed E-state index contributed by atoms with van der Waals surface area (Å²) in [5.74, 6) is -0.764. The molecule has 0 aliphatic carbocycles. The van der Waals surface area contributed by atoms with E-state index in [1.54, 1.807) is 31.3 Å². The predicted molar refractivity (Wildman–Crippen MR) is 81.0 cm³/mol. The molecule has 1 nitrogen and oxygen atoms in total. The van der Waals surface area contributed by atoms with Crippen LogP contribution in [-0.2, 0) is 6.42 Å². The molecule has 20 heavy (non-hydrogen) atoms. The Kier molecular flexibility index (Phi) is 5.13. The van der Waals surface area contributed by atoms with Gasteiger partial charge in [-0.25, -0.2) is 8.78 Å². The lowest BCUT2D eigenvalue weighted by Gasteiger charge is -2.19. The summed E-state index contributed by atoms with van der Waals surface area (Å²) in [6.45, 7) is 0. The maximum Gasteiger partial charge on any atom is 0.142 e. The highest BCUT2D eigenvalue weighted by Gasteiger charge is 2.17. The van der Waals surface area contributed by atoms with E-state index < -0.39 is 5.82 Å². The zero-order valence-electron chi connectivity index (χ0n) is 10.8. The van der Waals surface area contributed by atoms with Crippen molar-refractivity contribution in [3.05, 3.63) is 68.7 Å². The highest BCUT2D eigenvalue weighted by molar-refractivity contribution is 9.10. The van der Waals surface area contributed by atoms with Crippen molar-refractivity contribution in [2.24, 2.45) is 0 Å². The van der Waals surface area contributed by atoms with Gasteiger partial charge in [0.2, 0.25) is 0 Å². The van der Waals surface area contributed by atoms with Gasteiger partial charge < -0.3 is 5.32 Å². The second-order valence-electron chi connectivity index (χ2n) is 4.42. The maximum atomic E-state index is 13.8. The standard InChI is InChI=1S/C15H13BrClF2N/c1-20-14(11-3-2-4-13(19)15(11)17)8-9-7-10(16)5-6-12(9)18/h2-7,14,20H,8H2,1H3. The Bertz CT molecular complexity index is 619. The lowest BCUT2D eigenvalue weighted by atomic mass is 9.98. The van der Waals surface area contributed by atoms with Crippen LogP contribution in [0.25, 0.3) is 0 Å². The van der Waals surface area contributed by atoms with Crippen LogP contribution in [0.3, 0.4) is 0 Å². The number of halogens is 4. The molecular weight excluding hydrogens is 348 g/mol. The fraction of sp³-hybridized carbons (Fsp3) is 0.200. The average Bonchev–Trinajstić information content (AvgIpc) is 2.43. The molecule has 0 spiro atoms. The van der Waals surface area contributed by atoms with Gasteiger partial charge in [-0.05, 0) is 48.9 Å². The molecule has 0 saturated carbocycles. The van der Waals surface area contributed by atoms with E-state index >= 15 is 0 Å². The molecule has 5 heteroatoms. The van der Waals surface area contributed by atoms with Crippen molar-refractivity contribution < 1.29 is 8.78 Å². The van der Waals surface area contributed by atoms with Gasteiger partial charge in [-0.1, -0.05) is 39.7 Å². The van der Waals surface area contributed by atoms with Gasteiger partial charge in [0.25, 0.3) is 0 Å². The van der Waals surface area contributed by atoms with E-state index in [0.29, 0.717) is 17.5 Å². The highest BCUT2D eigenvalue weighted by Crippen LogP contribution is 2.29. The molecule has 2 aromatic rings. The van der Waals surface area contributed by atoms with Gasteiger partial charge in [0.05, 0.1) is 5.02 Å². The third kappa shape index (κ3) is 3.37. The Morgan fingerprint density at radius 3 is 2.65 bits per heavy atom. The van der Waals surface area contributed by atoms with Crippen molar-refractivity contribution in [1.29, 1.82) is 0 Å². The normalized spacial score (nSPS) is 12.4. The van der Waals surface area contributed by atoms with E-state index in [4.69, 9.17) is 11.6 Å². The number of hydrogen-bond acceptors (Lipinski definition) is 1. The second-order valence-corrected chi connectivity index (χ2v) is 5.72. The molecule has 0 fully saturated rings. The van der Waals surface area contributed by atoms with Crippen molar-refractivity contribution in [2.45, 2.75) is 12.5 Å². The summed E-state index contributed by atoms with van der Waals surface area (Å²) >= 11 is 9.30. The Balaban J connectivity index is 2.34. The Labute approximate surface area is 130 Å². The van der Waals surface area contributed by atoms with Gasteiger partial charge in [0.1, 0.15) is 11.6 Å². The first kappa shape index (κ1) is 15.4. The van der Waals surface area contributed by atoms with Crippen molar-refractivity contribution in [3.8, 4) is 0 Å². The minimum atomic E-state index is -0.473. The van der Waals surface area contributed by atoms with Crippen LogP contribution in [0.15, 0.2) is 40.9 Å². The van der Waals surface area contributed by atoms with Crippen molar-refractivity contribution in [3.63, 3.8) is 0 Å². The lowest BCUT2D eigenvalue weighted by molar-refractivity contribution is 0.549. The Hall–Kier alpha value is -0.970. The number of benzene rings is 2. The maximum absolute atomic E-state index is 13.8. The van der Waals surface area contributed by atoms with Crippen molar-refractivity contribution >= 4 is 27.5 Å². The second kappa shape index (κ2) is 6.66. The van der Waals surface area contributed by atoms with Gasteiger partial charge in [0.15, 0.2) is 0 Å². The smallest absolute Gasteiger partial charge is 0.142 e. The van der Waals surface area contributed by atoms with Crippen molar-refractivity contribution in [2.75, 3.05) is 7.05 Å². The van der Waals surface area contributed by atoms with Crippen LogP contribution < -0.4 is 5.32 Å². The third-order valence-corrected chi connectivity index (χ3v) is 4.03. The summed E-state index contributed by atoms with van der Waals surface area (Å²) in [5.41, 5.74) is 1.16. The van der Waals surface area contributed by atoms with Crippen LogP contribution in [0, 0.1) is 11.6 Å². The molecule has 106 valence electrons. The summed E-state index contributed by atoms with van der Waals surface area (Å²) in [6, 6.07) is 9.13. The zero-order valence-corrected chi connectivity index (χ0v) is 13.1. The molecule has 0 aliphatic rings. The third-order valence-electron chi connectivity index (χ3n) is 3.14. The molecule has 2 aromatic carbocycles. The fourth-order valence-electron chi connectivity index (χ4n) is 2.08. The molecule has 1 unspecified atom stereocenters. The quantitative estimate of drug-likeness (QED) is 0.819. The van der Waals surface area contributed by atoms with E-state index in [0.717, 1.165) is 4.47 Å². The van der Waals surface area contributed by atoms with Gasteiger partial charge in [-0.15, -0.1) is 0 Å². The largest absolute Gasteiger partial charge is 0.313 e. The van der Waals surface area contributed by atoms with Crippen molar-refractivity contribution in [1.82, 2.24) is 5.32 Å². The number of likely N-dealkylation sites (N-methyl/N-ethyl adjacent to an activating group) is 1. The summed E-state index contributed by atoms with van der Waals surface area (Å²) in [5, 5.41) is 3.12. The number of hydrogen-bond donors (Lipinski definition) is 1. The first-order valence-corrected chi connectivity index (χ1v) is 7.25. The first-order valence-electron chi connectivity index (χ1n) is 6.08. The monoisotopic (exact) mass is 359 g/mol. The molecule has 2 rings (SSSR count). The van der Waals surface area contributed by atoms with Gasteiger partial charge in [-0.2, -0.15) is 0 Å². The molecule has 0 saturated heterocycles. The van der Waals surface area contributed by atoms with E-state index in [9.17, 15) is 8.78 Å². The summed E-state index contributed by atoms with van der Waals surface area (Å²) in [4.78, 5) is 0. The summed E-state index contributed by atoms with van der Waals surface area (Å²) in [7, 11) is 1.74. The topological polar surface area (TPSA) is 12.0 Å². The lowest BCUT2D eigenvalue weighted by Crippen LogP contribution is -2.20. The van der Waals surface area contributed by atoms with Gasteiger partial charge >= 0.3 is 0 Å². The van der Waals surface area contributed by atoms with Crippen LogP contribution in [0.4, 0.5) is 8.78 Å². The van der Waals surface area contributed by atoms with E-state index in [1.807, 2.05) is 0 Å². The van der Waals surface area contributed by atoms with Crippen LogP contribution in [0.5, 0.6) is 0 Å². The van der Waals surface area contributed by atoms with Gasteiger partial charge in [0, 0.05) is 10.5 Å². The van der Waals surface area contributed by atoms with E-state index in [-0.39, 0.29) is 16.9 Å². The molecule has 0 radical (unpaired) electrons. The minimum absolute atomic E-state index is 0.0715. The predicted octanol–water partition coefficient (Wildman–Crippen LogP) is 4.88. The molecule has 0 aromatic heterocycles. The molecule has 0 amide bonds. The first-order chi connectivity index (χ1) is 9.52. The van der Waals surface area contributed by atoms with Crippen LogP contribution in [-0.4, -0.2) is 7.05 Å². The highest BCUT2D eigenvalue weighted by atomic mass is 79.9. The SMILES string of the molecule is CNC(Cc1cc(Br)ccc1F)c1cccc(F)c1Cl. The van der Waals surface area contributed by atoms with Crippen LogP contribution in [0.2, 0.25) is 5.02 Å². The summed E-state index contributed by atoms with van der Waals surface area (Å²) < 4.78 is 28.1. The summed E-state index contributed by atoms with van der Waals surface area (Å²) in [6.07, 6.45) is 0.380. The Morgan fingerprint density at radius 2 is 1.95 bits per heavy atom. The van der Waals surface area contributed by atoms with E-state index in [2.05, 4.69) is 21.2 Å². The molecular formula is C15H13BrClF2N. The number of rotatable bonds is 4. The van der Waals surface area contributed by atoms with Gasteiger partial charge in [-0.3, -0.25) is 0 Å². The molecule has 1 atom stereocenters. The minimum Gasteiger partial charge on any atom is -0.313 e. The fourth-order valence-corrected chi connectivity index (χ4v) is 2.74. The van der Waals surface area contributed by atoms with E-state index in [1.165, 1.54) is 12.1 Å². The number of nitrogens with one attached hydrogen (secondary N) is 1.